The second-order valence-corrected chi connectivity index (χ2v) is 9.58. The Morgan fingerprint density at radius 1 is 1.00 bits per heavy atom. The van der Waals surface area contributed by atoms with Crippen LogP contribution in [0.1, 0.15) is 64.5 Å². The van der Waals surface area contributed by atoms with Gasteiger partial charge >= 0.3 is 12.0 Å². The zero-order chi connectivity index (χ0) is 27.9. The molecule has 0 bridgehead atoms. The minimum atomic E-state index is -1.02. The average molecular weight is 529 g/mol. The minimum Gasteiger partial charge on any atom is -0.478 e. The summed E-state index contributed by atoms with van der Waals surface area (Å²) in [6, 6.07) is 18.8. The predicted octanol–water partition coefficient (Wildman–Crippen LogP) is 5.30. The van der Waals surface area contributed by atoms with Crippen LogP contribution in [0.3, 0.4) is 0 Å². The molecular formula is C30H32N4O5. The number of nitrogens with zero attached hydrogens (tertiary/aromatic N) is 3. The number of rotatable bonds is 10. The molecule has 9 nitrogen and oxygen atoms in total. The van der Waals surface area contributed by atoms with Gasteiger partial charge in [0.2, 0.25) is 0 Å². The van der Waals surface area contributed by atoms with E-state index in [0.717, 1.165) is 39.6 Å². The first kappa shape index (κ1) is 27.5. The number of carboxylic acids is 1. The van der Waals surface area contributed by atoms with Gasteiger partial charge in [-0.25, -0.2) is 20.1 Å². The molecule has 9 heteroatoms. The molecule has 0 aliphatic carbocycles. The number of amides is 3. The lowest BCUT2D eigenvalue weighted by molar-refractivity contribution is 0.0668. The lowest BCUT2D eigenvalue weighted by Crippen LogP contribution is -2.49. The molecule has 0 radical (unpaired) electrons. The van der Waals surface area contributed by atoms with Gasteiger partial charge in [0.05, 0.1) is 11.8 Å². The number of benzene rings is 3. The maximum absolute atomic E-state index is 13.8. The molecule has 202 valence electrons. The van der Waals surface area contributed by atoms with Crippen molar-refractivity contribution in [3.8, 4) is 0 Å². The summed E-state index contributed by atoms with van der Waals surface area (Å²) in [6.45, 7) is 4.09. The molecule has 0 aliphatic rings. The zero-order valence-electron chi connectivity index (χ0n) is 22.0. The molecule has 1 atom stereocenters. The summed E-state index contributed by atoms with van der Waals surface area (Å²) >= 11 is 0. The molecule has 4 rings (SSSR count). The van der Waals surface area contributed by atoms with Crippen molar-refractivity contribution in [3.05, 3.63) is 101 Å². The highest BCUT2D eigenvalue weighted by molar-refractivity contribution is 6.03. The Labute approximate surface area is 226 Å². The van der Waals surface area contributed by atoms with Crippen LogP contribution in [0.5, 0.6) is 0 Å². The number of carbonyl (C=O) groups is 3. The quantitative estimate of drug-likeness (QED) is 0.190. The number of carbonyl (C=O) groups excluding carboxylic acids is 2. The summed E-state index contributed by atoms with van der Waals surface area (Å²) < 4.78 is 1.76. The van der Waals surface area contributed by atoms with Crippen LogP contribution in [0.25, 0.3) is 10.8 Å². The van der Waals surface area contributed by atoms with Crippen molar-refractivity contribution in [1.82, 2.24) is 19.9 Å². The number of carboxylic acid groups (broad SMARTS) is 1. The van der Waals surface area contributed by atoms with E-state index in [1.165, 1.54) is 18.3 Å². The predicted molar refractivity (Wildman–Crippen MR) is 147 cm³/mol. The molecule has 0 fully saturated rings. The molecule has 0 aliphatic heterocycles. The lowest BCUT2D eigenvalue weighted by atomic mass is 10.0. The lowest BCUT2D eigenvalue weighted by Gasteiger charge is -2.27. The number of fused-ring (bicyclic) bond motifs is 1. The molecular weight excluding hydrogens is 496 g/mol. The Hall–Kier alpha value is -4.50. The highest BCUT2D eigenvalue weighted by Gasteiger charge is 2.31. The summed E-state index contributed by atoms with van der Waals surface area (Å²) in [5, 5.41) is 20.9. The SMILES string of the molecule is CCCCc1ncc(C(=O)N(C(=O)NO)C(C)Cc2ccc3ccccc3c2)n1Cc1ccc(C(=O)O)cc1. The van der Waals surface area contributed by atoms with Crippen LogP contribution < -0.4 is 5.48 Å². The van der Waals surface area contributed by atoms with E-state index in [9.17, 15) is 24.7 Å². The van der Waals surface area contributed by atoms with E-state index in [1.807, 2.05) is 42.5 Å². The number of urea groups is 1. The number of hydrogen-bond acceptors (Lipinski definition) is 5. The number of nitrogens with one attached hydrogen (secondary N) is 1. The normalized spacial score (nSPS) is 11.8. The van der Waals surface area contributed by atoms with Crippen molar-refractivity contribution in [1.29, 1.82) is 0 Å². The van der Waals surface area contributed by atoms with E-state index in [-0.39, 0.29) is 17.8 Å². The second-order valence-electron chi connectivity index (χ2n) is 9.58. The van der Waals surface area contributed by atoms with Gasteiger partial charge in [-0.3, -0.25) is 14.9 Å². The molecule has 4 aromatic rings. The molecule has 0 saturated carbocycles. The van der Waals surface area contributed by atoms with Gasteiger partial charge in [0, 0.05) is 19.0 Å². The fourth-order valence-electron chi connectivity index (χ4n) is 4.70. The largest absolute Gasteiger partial charge is 0.478 e. The van der Waals surface area contributed by atoms with E-state index in [4.69, 9.17) is 0 Å². The van der Waals surface area contributed by atoms with Crippen molar-refractivity contribution in [2.75, 3.05) is 0 Å². The molecule has 0 saturated heterocycles. The Morgan fingerprint density at radius 2 is 1.69 bits per heavy atom. The number of aromatic carboxylic acids is 1. The van der Waals surface area contributed by atoms with Crippen molar-refractivity contribution in [2.45, 2.75) is 52.1 Å². The van der Waals surface area contributed by atoms with Crippen LogP contribution in [-0.2, 0) is 19.4 Å². The van der Waals surface area contributed by atoms with E-state index in [2.05, 4.69) is 11.9 Å². The molecule has 3 amide bonds. The fraction of sp³-hybridized carbons (Fsp3) is 0.267. The summed E-state index contributed by atoms with van der Waals surface area (Å²) in [4.78, 5) is 43.4. The highest BCUT2D eigenvalue weighted by atomic mass is 16.5. The third-order valence-corrected chi connectivity index (χ3v) is 6.77. The van der Waals surface area contributed by atoms with Crippen molar-refractivity contribution in [2.24, 2.45) is 0 Å². The van der Waals surface area contributed by atoms with Gasteiger partial charge in [0.25, 0.3) is 5.91 Å². The van der Waals surface area contributed by atoms with Gasteiger partial charge < -0.3 is 9.67 Å². The topological polar surface area (TPSA) is 125 Å². The van der Waals surface area contributed by atoms with Gasteiger partial charge in [-0.15, -0.1) is 0 Å². The molecule has 1 aromatic heterocycles. The number of unbranched alkanes of at least 4 members (excludes halogenated alkanes) is 1. The Bertz CT molecular complexity index is 1480. The third-order valence-electron chi connectivity index (χ3n) is 6.77. The number of aryl methyl sites for hydroxylation is 1. The van der Waals surface area contributed by atoms with Crippen LogP contribution in [0.2, 0.25) is 0 Å². The second kappa shape index (κ2) is 12.4. The van der Waals surface area contributed by atoms with E-state index >= 15 is 0 Å². The Balaban J connectivity index is 1.65. The Morgan fingerprint density at radius 3 is 2.36 bits per heavy atom. The average Bonchev–Trinajstić information content (AvgIpc) is 3.34. The first-order valence-corrected chi connectivity index (χ1v) is 12.9. The molecule has 1 unspecified atom stereocenters. The summed E-state index contributed by atoms with van der Waals surface area (Å²) in [5.41, 5.74) is 3.72. The molecule has 1 heterocycles. The standard InChI is InChI=1S/C30H32N4O5/c1-3-4-9-27-31-18-26(33(27)19-21-10-14-24(15-11-21)29(36)37)28(35)34(30(38)32-39)20(2)16-22-12-13-23-7-5-6-8-25(23)17-22/h5-8,10-15,17-18,20,39H,3-4,9,16,19H2,1-2H3,(H,32,38)(H,36,37). The first-order chi connectivity index (χ1) is 18.8. The summed E-state index contributed by atoms with van der Waals surface area (Å²) in [6.07, 6.45) is 4.28. The summed E-state index contributed by atoms with van der Waals surface area (Å²) in [5.74, 6) is -0.920. The number of hydroxylamine groups is 1. The van der Waals surface area contributed by atoms with Gasteiger partial charge in [0.15, 0.2) is 0 Å². The van der Waals surface area contributed by atoms with Crippen molar-refractivity contribution < 1.29 is 24.7 Å². The van der Waals surface area contributed by atoms with E-state index in [0.29, 0.717) is 18.7 Å². The fourth-order valence-corrected chi connectivity index (χ4v) is 4.70. The van der Waals surface area contributed by atoms with Gasteiger partial charge in [-0.05, 0) is 53.8 Å². The number of imide groups is 1. The molecule has 3 N–H and O–H groups in total. The molecule has 3 aromatic carbocycles. The highest BCUT2D eigenvalue weighted by Crippen LogP contribution is 2.21. The van der Waals surface area contributed by atoms with Crippen LogP contribution in [-0.4, -0.2) is 48.7 Å². The third kappa shape index (κ3) is 6.32. The van der Waals surface area contributed by atoms with Crippen molar-refractivity contribution >= 4 is 28.7 Å². The number of aromatic nitrogens is 2. The molecule has 0 spiro atoms. The zero-order valence-corrected chi connectivity index (χ0v) is 22.0. The maximum Gasteiger partial charge on any atom is 0.348 e. The van der Waals surface area contributed by atoms with Crippen molar-refractivity contribution in [3.63, 3.8) is 0 Å². The van der Waals surface area contributed by atoms with Gasteiger partial charge in [-0.2, -0.15) is 0 Å². The Kier molecular flexibility index (Phi) is 8.73. The maximum atomic E-state index is 13.8. The monoisotopic (exact) mass is 528 g/mol. The number of hydrogen-bond donors (Lipinski definition) is 3. The van der Waals surface area contributed by atoms with Crippen LogP contribution in [0, 0.1) is 0 Å². The van der Waals surface area contributed by atoms with Gasteiger partial charge in [0.1, 0.15) is 11.5 Å². The smallest absolute Gasteiger partial charge is 0.348 e. The van der Waals surface area contributed by atoms with Gasteiger partial charge in [-0.1, -0.05) is 67.9 Å². The summed E-state index contributed by atoms with van der Waals surface area (Å²) in [7, 11) is 0. The van der Waals surface area contributed by atoms with Crippen LogP contribution in [0.4, 0.5) is 4.79 Å². The minimum absolute atomic E-state index is 0.167. The molecule has 39 heavy (non-hydrogen) atoms. The number of imidazole rings is 1. The van der Waals surface area contributed by atoms with E-state index in [1.54, 1.807) is 29.1 Å². The van der Waals surface area contributed by atoms with E-state index < -0.39 is 23.9 Å². The van der Waals surface area contributed by atoms with Crippen LogP contribution in [0.15, 0.2) is 72.9 Å². The first-order valence-electron chi connectivity index (χ1n) is 12.9. The van der Waals surface area contributed by atoms with Crippen LogP contribution >= 0.6 is 0 Å².